The summed E-state index contributed by atoms with van der Waals surface area (Å²) in [6.07, 6.45) is 2.92. The third-order valence-electron chi connectivity index (χ3n) is 2.26. The van der Waals surface area contributed by atoms with Crippen LogP contribution in [0, 0.1) is 0 Å². The van der Waals surface area contributed by atoms with Crippen LogP contribution in [0.4, 0.5) is 0 Å². The third-order valence-corrected chi connectivity index (χ3v) is 2.26. The van der Waals surface area contributed by atoms with Gasteiger partial charge in [-0.05, 0) is 12.1 Å². The Labute approximate surface area is 96.8 Å². The van der Waals surface area contributed by atoms with Crippen LogP contribution in [0.3, 0.4) is 0 Å². The number of rotatable bonds is 2. The minimum absolute atomic E-state index is 0.172. The molecule has 2 heterocycles. The Morgan fingerprint density at radius 2 is 2.18 bits per heavy atom. The molecule has 2 aromatic rings. The molecular weight excluding hydrogens is 220 g/mol. The van der Waals surface area contributed by atoms with Gasteiger partial charge in [-0.2, -0.15) is 4.98 Å². The minimum Gasteiger partial charge on any atom is -0.365 e. The molecule has 0 saturated carbocycles. The second-order valence-corrected chi connectivity index (χ2v) is 3.48. The van der Waals surface area contributed by atoms with Crippen LogP contribution in [0.1, 0.15) is 10.4 Å². The van der Waals surface area contributed by atoms with Crippen molar-refractivity contribution < 1.29 is 4.79 Å². The number of aryl methyl sites for hydroxylation is 1. The summed E-state index contributed by atoms with van der Waals surface area (Å²) in [5, 5.41) is 0. The van der Waals surface area contributed by atoms with Crippen molar-refractivity contribution in [3.05, 3.63) is 46.6 Å². The van der Waals surface area contributed by atoms with Crippen molar-refractivity contribution in [2.45, 2.75) is 0 Å². The van der Waals surface area contributed by atoms with Gasteiger partial charge in [-0.25, -0.2) is 4.79 Å². The highest BCUT2D eigenvalue weighted by Crippen LogP contribution is 2.16. The summed E-state index contributed by atoms with van der Waals surface area (Å²) in [5.74, 6) is -0.645. The smallest absolute Gasteiger partial charge is 0.347 e. The van der Waals surface area contributed by atoms with Gasteiger partial charge < -0.3 is 10.3 Å². The molecule has 0 unspecified atom stereocenters. The van der Waals surface area contributed by atoms with E-state index >= 15 is 0 Å². The minimum atomic E-state index is -0.645. The summed E-state index contributed by atoms with van der Waals surface area (Å²) in [5.41, 5.74) is 5.61. The summed E-state index contributed by atoms with van der Waals surface area (Å²) in [7, 11) is 1.50. The molecule has 2 N–H and O–H groups in total. The first-order valence-electron chi connectivity index (χ1n) is 4.88. The molecule has 0 aromatic carbocycles. The monoisotopic (exact) mass is 230 g/mol. The first kappa shape index (κ1) is 11.0. The summed E-state index contributed by atoms with van der Waals surface area (Å²) >= 11 is 0. The Hall–Kier alpha value is -2.50. The van der Waals surface area contributed by atoms with E-state index in [-0.39, 0.29) is 11.3 Å². The zero-order valence-electron chi connectivity index (χ0n) is 9.12. The number of pyridine rings is 1. The van der Waals surface area contributed by atoms with Crippen molar-refractivity contribution in [2.75, 3.05) is 0 Å². The number of nitrogens with two attached hydrogens (primary N) is 1. The van der Waals surface area contributed by atoms with Gasteiger partial charge in [0.15, 0.2) is 0 Å². The van der Waals surface area contributed by atoms with E-state index in [4.69, 9.17) is 5.73 Å². The Morgan fingerprint density at radius 1 is 1.41 bits per heavy atom. The zero-order chi connectivity index (χ0) is 12.4. The van der Waals surface area contributed by atoms with Crippen LogP contribution in [0.25, 0.3) is 11.4 Å². The molecule has 0 aliphatic heterocycles. The second kappa shape index (κ2) is 4.17. The molecule has 0 fully saturated rings. The number of carbonyl (C=O) groups is 1. The molecule has 1 amide bonds. The standard InChI is InChI=1S/C11H10N4O2/c1-15-6-7(10(12)16)9(14-11(15)17)8-4-2-3-5-13-8/h2-6H,1H3,(H2,12,16). The number of nitrogens with zero attached hydrogens (tertiary/aromatic N) is 3. The Bertz CT molecular complexity index is 619. The average molecular weight is 230 g/mol. The van der Waals surface area contributed by atoms with Crippen LogP contribution < -0.4 is 11.4 Å². The number of hydrogen-bond acceptors (Lipinski definition) is 4. The van der Waals surface area contributed by atoms with Crippen molar-refractivity contribution in [1.29, 1.82) is 0 Å². The fraction of sp³-hybridized carbons (Fsp3) is 0.0909. The number of primary amides is 1. The highest BCUT2D eigenvalue weighted by molar-refractivity contribution is 5.98. The average Bonchev–Trinajstić information content (AvgIpc) is 2.33. The van der Waals surface area contributed by atoms with Crippen LogP contribution in [0.5, 0.6) is 0 Å². The number of hydrogen-bond donors (Lipinski definition) is 1. The highest BCUT2D eigenvalue weighted by Gasteiger charge is 2.14. The van der Waals surface area contributed by atoms with Gasteiger partial charge in [-0.15, -0.1) is 0 Å². The quantitative estimate of drug-likeness (QED) is 0.782. The molecule has 0 bridgehead atoms. The van der Waals surface area contributed by atoms with Crippen molar-refractivity contribution in [2.24, 2.45) is 12.8 Å². The van der Waals surface area contributed by atoms with E-state index in [2.05, 4.69) is 9.97 Å². The van der Waals surface area contributed by atoms with Gasteiger partial charge in [-0.3, -0.25) is 9.78 Å². The van der Waals surface area contributed by atoms with Crippen molar-refractivity contribution in [3.8, 4) is 11.4 Å². The van der Waals surface area contributed by atoms with E-state index in [9.17, 15) is 9.59 Å². The summed E-state index contributed by atoms with van der Waals surface area (Å²) in [6, 6.07) is 5.13. The molecule has 6 nitrogen and oxygen atoms in total. The second-order valence-electron chi connectivity index (χ2n) is 3.48. The Kier molecular flexibility index (Phi) is 2.70. The molecule has 86 valence electrons. The van der Waals surface area contributed by atoms with Crippen molar-refractivity contribution >= 4 is 5.91 Å². The fourth-order valence-electron chi connectivity index (χ4n) is 1.42. The predicted octanol–water partition coefficient (Wildman–Crippen LogP) is -0.0588. The van der Waals surface area contributed by atoms with Gasteiger partial charge in [0.05, 0.1) is 11.3 Å². The number of carbonyl (C=O) groups excluding carboxylic acids is 1. The molecule has 0 radical (unpaired) electrons. The molecule has 2 rings (SSSR count). The van der Waals surface area contributed by atoms with Crippen molar-refractivity contribution in [3.63, 3.8) is 0 Å². The van der Waals surface area contributed by atoms with E-state index in [0.29, 0.717) is 5.69 Å². The maximum absolute atomic E-state index is 11.5. The van der Waals surface area contributed by atoms with E-state index in [0.717, 1.165) is 0 Å². The molecule has 0 aliphatic rings. The first-order valence-corrected chi connectivity index (χ1v) is 4.88. The van der Waals surface area contributed by atoms with Gasteiger partial charge in [0.2, 0.25) is 0 Å². The molecule has 0 atom stereocenters. The maximum atomic E-state index is 11.5. The van der Waals surface area contributed by atoms with Gasteiger partial charge in [0, 0.05) is 19.4 Å². The first-order chi connectivity index (χ1) is 8.09. The van der Waals surface area contributed by atoms with Gasteiger partial charge in [0.1, 0.15) is 5.69 Å². The van der Waals surface area contributed by atoms with Crippen LogP contribution in [0.15, 0.2) is 35.4 Å². The predicted molar refractivity (Wildman–Crippen MR) is 61.2 cm³/mol. The lowest BCUT2D eigenvalue weighted by molar-refractivity contribution is 0.0999. The normalized spacial score (nSPS) is 10.2. The lowest BCUT2D eigenvalue weighted by Crippen LogP contribution is -2.25. The summed E-state index contributed by atoms with van der Waals surface area (Å²) in [4.78, 5) is 30.6. The molecule has 0 aliphatic carbocycles. The van der Waals surface area contributed by atoms with Gasteiger partial charge >= 0.3 is 5.69 Å². The molecular formula is C11H10N4O2. The van der Waals surface area contributed by atoms with E-state index < -0.39 is 11.6 Å². The van der Waals surface area contributed by atoms with E-state index in [1.165, 1.54) is 17.8 Å². The lowest BCUT2D eigenvalue weighted by Gasteiger charge is -2.06. The number of amides is 1. The van der Waals surface area contributed by atoms with Crippen LogP contribution >= 0.6 is 0 Å². The van der Waals surface area contributed by atoms with Gasteiger partial charge in [0.25, 0.3) is 5.91 Å². The third kappa shape index (κ3) is 2.05. The van der Waals surface area contributed by atoms with Gasteiger partial charge in [-0.1, -0.05) is 6.07 Å². The fourth-order valence-corrected chi connectivity index (χ4v) is 1.42. The van der Waals surface area contributed by atoms with E-state index in [1.807, 2.05) is 0 Å². The largest absolute Gasteiger partial charge is 0.365 e. The maximum Gasteiger partial charge on any atom is 0.347 e. The molecule has 17 heavy (non-hydrogen) atoms. The summed E-state index contributed by atoms with van der Waals surface area (Å²) < 4.78 is 1.20. The van der Waals surface area contributed by atoms with E-state index in [1.54, 1.807) is 24.4 Å². The van der Waals surface area contributed by atoms with Crippen LogP contribution in [-0.2, 0) is 7.05 Å². The molecule has 2 aromatic heterocycles. The highest BCUT2D eigenvalue weighted by atomic mass is 16.1. The summed E-state index contributed by atoms with van der Waals surface area (Å²) in [6.45, 7) is 0. The molecule has 0 saturated heterocycles. The zero-order valence-corrected chi connectivity index (χ0v) is 9.12. The lowest BCUT2D eigenvalue weighted by atomic mass is 10.1. The van der Waals surface area contributed by atoms with Crippen molar-refractivity contribution in [1.82, 2.24) is 14.5 Å². The SMILES string of the molecule is Cn1cc(C(N)=O)c(-c2ccccn2)nc1=O. The number of aromatic nitrogens is 3. The Morgan fingerprint density at radius 3 is 2.76 bits per heavy atom. The Balaban J connectivity index is 2.73. The molecule has 6 heteroatoms. The van der Waals surface area contributed by atoms with Crippen LogP contribution in [0.2, 0.25) is 0 Å². The topological polar surface area (TPSA) is 90.9 Å². The van der Waals surface area contributed by atoms with Crippen LogP contribution in [-0.4, -0.2) is 20.4 Å². The molecule has 0 spiro atoms.